The second kappa shape index (κ2) is 6.15. The molecular formula is C15H21NO4S. The number of carbonyl (C=O) groups is 1. The van der Waals surface area contributed by atoms with Crippen molar-refractivity contribution in [3.63, 3.8) is 0 Å². The van der Waals surface area contributed by atoms with Crippen LogP contribution in [-0.2, 0) is 14.8 Å². The number of hydrogen-bond acceptors (Lipinski definition) is 3. The van der Waals surface area contributed by atoms with Crippen molar-refractivity contribution in [1.29, 1.82) is 0 Å². The second-order valence-electron chi connectivity index (χ2n) is 5.55. The standard InChI is InChI=1S/C15H21NO4S/c1-3-11(2)12-4-8-14(9-5-12)21(19,20)16(10-15(17)18)13-6-7-13/h4-5,8-9,11,13H,3,6-7,10H2,1-2H3,(H,17,18). The van der Waals surface area contributed by atoms with Gasteiger partial charge in [0.05, 0.1) is 4.90 Å². The normalized spacial score (nSPS) is 16.9. The number of aliphatic carboxylic acids is 1. The van der Waals surface area contributed by atoms with Crippen LogP contribution in [0.15, 0.2) is 29.2 Å². The molecule has 0 aliphatic heterocycles. The van der Waals surface area contributed by atoms with E-state index in [9.17, 15) is 13.2 Å². The number of carboxylic acids is 1. The molecule has 1 saturated carbocycles. The minimum absolute atomic E-state index is 0.166. The van der Waals surface area contributed by atoms with Crippen LogP contribution in [-0.4, -0.2) is 36.4 Å². The molecule has 1 unspecified atom stereocenters. The Morgan fingerprint density at radius 3 is 2.33 bits per heavy atom. The summed E-state index contributed by atoms with van der Waals surface area (Å²) in [6, 6.07) is 6.61. The van der Waals surface area contributed by atoms with Gasteiger partial charge in [-0.05, 0) is 42.9 Å². The maximum atomic E-state index is 12.6. The van der Waals surface area contributed by atoms with Crippen LogP contribution < -0.4 is 0 Å². The molecule has 1 fully saturated rings. The predicted molar refractivity (Wildman–Crippen MR) is 79.7 cm³/mol. The van der Waals surface area contributed by atoms with Crippen molar-refractivity contribution in [3.8, 4) is 0 Å². The fourth-order valence-electron chi connectivity index (χ4n) is 2.25. The Labute approximate surface area is 125 Å². The van der Waals surface area contributed by atoms with E-state index in [0.29, 0.717) is 5.92 Å². The molecule has 0 heterocycles. The minimum atomic E-state index is -3.73. The SMILES string of the molecule is CCC(C)c1ccc(S(=O)(=O)N(CC(=O)O)C2CC2)cc1. The van der Waals surface area contributed by atoms with Crippen LogP contribution in [0.2, 0.25) is 0 Å². The van der Waals surface area contributed by atoms with Crippen molar-refractivity contribution in [3.05, 3.63) is 29.8 Å². The van der Waals surface area contributed by atoms with Gasteiger partial charge in [-0.15, -0.1) is 0 Å². The summed E-state index contributed by atoms with van der Waals surface area (Å²) in [4.78, 5) is 11.1. The van der Waals surface area contributed by atoms with E-state index in [4.69, 9.17) is 5.11 Å². The number of sulfonamides is 1. The molecule has 2 rings (SSSR count). The lowest BCUT2D eigenvalue weighted by Gasteiger charge is -2.20. The van der Waals surface area contributed by atoms with Crippen LogP contribution in [0.25, 0.3) is 0 Å². The third-order valence-electron chi connectivity index (χ3n) is 3.91. The Morgan fingerprint density at radius 2 is 1.90 bits per heavy atom. The monoisotopic (exact) mass is 311 g/mol. The van der Waals surface area contributed by atoms with Crippen molar-refractivity contribution in [2.75, 3.05) is 6.54 Å². The summed E-state index contributed by atoms with van der Waals surface area (Å²) in [6.45, 7) is 3.70. The van der Waals surface area contributed by atoms with Gasteiger partial charge in [0, 0.05) is 6.04 Å². The highest BCUT2D eigenvalue weighted by molar-refractivity contribution is 7.89. The Hall–Kier alpha value is -1.40. The highest BCUT2D eigenvalue weighted by Gasteiger charge is 2.39. The van der Waals surface area contributed by atoms with Gasteiger partial charge in [-0.1, -0.05) is 26.0 Å². The number of nitrogens with zero attached hydrogens (tertiary/aromatic N) is 1. The summed E-state index contributed by atoms with van der Waals surface area (Å²) in [5.74, 6) is -0.748. The highest BCUT2D eigenvalue weighted by atomic mass is 32.2. The third-order valence-corrected chi connectivity index (χ3v) is 5.83. The van der Waals surface area contributed by atoms with Gasteiger partial charge >= 0.3 is 5.97 Å². The smallest absolute Gasteiger partial charge is 0.318 e. The molecule has 1 aliphatic carbocycles. The van der Waals surface area contributed by atoms with Gasteiger partial charge in [0.25, 0.3) is 0 Å². The van der Waals surface area contributed by atoms with E-state index in [-0.39, 0.29) is 10.9 Å². The second-order valence-corrected chi connectivity index (χ2v) is 7.44. The number of rotatable bonds is 7. The molecule has 0 bridgehead atoms. The first-order valence-electron chi connectivity index (χ1n) is 7.19. The molecule has 0 spiro atoms. The van der Waals surface area contributed by atoms with Crippen molar-refractivity contribution >= 4 is 16.0 Å². The first-order chi connectivity index (χ1) is 9.86. The number of hydrogen-bond donors (Lipinski definition) is 1. The van der Waals surface area contributed by atoms with Gasteiger partial charge in [0.1, 0.15) is 6.54 Å². The Morgan fingerprint density at radius 1 is 1.33 bits per heavy atom. The Balaban J connectivity index is 2.27. The average Bonchev–Trinajstić information content (AvgIpc) is 3.28. The molecule has 116 valence electrons. The van der Waals surface area contributed by atoms with Crippen LogP contribution in [0.3, 0.4) is 0 Å². The van der Waals surface area contributed by atoms with Crippen molar-refractivity contribution in [2.24, 2.45) is 0 Å². The predicted octanol–water partition coefficient (Wildman–Crippen LogP) is 2.44. The van der Waals surface area contributed by atoms with Crippen molar-refractivity contribution in [1.82, 2.24) is 4.31 Å². The molecule has 1 aromatic carbocycles. The fraction of sp³-hybridized carbons (Fsp3) is 0.533. The highest BCUT2D eigenvalue weighted by Crippen LogP contribution is 2.32. The largest absolute Gasteiger partial charge is 0.480 e. The first kappa shape index (κ1) is 16.0. The van der Waals surface area contributed by atoms with Crippen LogP contribution in [0, 0.1) is 0 Å². The lowest BCUT2D eigenvalue weighted by Crippen LogP contribution is -2.37. The quantitative estimate of drug-likeness (QED) is 0.839. The van der Waals surface area contributed by atoms with E-state index in [0.717, 1.165) is 29.1 Å². The summed E-state index contributed by atoms with van der Waals surface area (Å²) in [7, 11) is -3.73. The van der Waals surface area contributed by atoms with E-state index < -0.39 is 22.5 Å². The minimum Gasteiger partial charge on any atom is -0.480 e. The van der Waals surface area contributed by atoms with E-state index in [1.54, 1.807) is 12.1 Å². The van der Waals surface area contributed by atoms with Gasteiger partial charge in [-0.25, -0.2) is 8.42 Å². The molecule has 1 aliphatic rings. The molecule has 0 radical (unpaired) electrons. The van der Waals surface area contributed by atoms with Gasteiger partial charge in [-0.2, -0.15) is 4.31 Å². The lowest BCUT2D eigenvalue weighted by molar-refractivity contribution is -0.137. The molecule has 0 saturated heterocycles. The van der Waals surface area contributed by atoms with Crippen LogP contribution in [0.4, 0.5) is 0 Å². The van der Waals surface area contributed by atoms with Crippen LogP contribution in [0.5, 0.6) is 0 Å². The van der Waals surface area contributed by atoms with E-state index in [1.165, 1.54) is 0 Å². The summed E-state index contributed by atoms with van der Waals surface area (Å²) < 4.78 is 26.2. The Bertz CT molecular complexity index is 605. The molecule has 6 heteroatoms. The Kier molecular flexibility index (Phi) is 4.68. The van der Waals surface area contributed by atoms with E-state index >= 15 is 0 Å². The molecule has 5 nitrogen and oxygen atoms in total. The number of benzene rings is 1. The molecular weight excluding hydrogens is 290 g/mol. The summed E-state index contributed by atoms with van der Waals surface area (Å²) >= 11 is 0. The van der Waals surface area contributed by atoms with Gasteiger partial charge < -0.3 is 5.11 Å². The topological polar surface area (TPSA) is 74.7 Å². The fourth-order valence-corrected chi connectivity index (χ4v) is 3.88. The van der Waals surface area contributed by atoms with Gasteiger partial charge in [-0.3, -0.25) is 4.79 Å². The van der Waals surface area contributed by atoms with Crippen molar-refractivity contribution in [2.45, 2.75) is 50.0 Å². The summed E-state index contributed by atoms with van der Waals surface area (Å²) in [5, 5.41) is 8.91. The van der Waals surface area contributed by atoms with E-state index in [1.807, 2.05) is 12.1 Å². The maximum Gasteiger partial charge on any atom is 0.318 e. The van der Waals surface area contributed by atoms with Crippen LogP contribution >= 0.6 is 0 Å². The van der Waals surface area contributed by atoms with Gasteiger partial charge in [0.15, 0.2) is 0 Å². The summed E-state index contributed by atoms with van der Waals surface area (Å²) in [6.07, 6.45) is 2.45. The summed E-state index contributed by atoms with van der Waals surface area (Å²) in [5.41, 5.74) is 1.09. The van der Waals surface area contributed by atoms with E-state index in [2.05, 4.69) is 13.8 Å². The zero-order chi connectivity index (χ0) is 15.6. The molecule has 21 heavy (non-hydrogen) atoms. The van der Waals surface area contributed by atoms with Crippen molar-refractivity contribution < 1.29 is 18.3 Å². The molecule has 1 N–H and O–H groups in total. The van der Waals surface area contributed by atoms with Crippen LogP contribution in [0.1, 0.15) is 44.6 Å². The molecule has 1 aromatic rings. The van der Waals surface area contributed by atoms with Gasteiger partial charge in [0.2, 0.25) is 10.0 Å². The lowest BCUT2D eigenvalue weighted by atomic mass is 9.99. The average molecular weight is 311 g/mol. The molecule has 0 aromatic heterocycles. The maximum absolute atomic E-state index is 12.6. The first-order valence-corrected chi connectivity index (χ1v) is 8.64. The third kappa shape index (κ3) is 3.63. The molecule has 0 amide bonds. The molecule has 1 atom stereocenters. The zero-order valence-electron chi connectivity index (χ0n) is 12.3. The number of carboxylic acid groups (broad SMARTS) is 1. The zero-order valence-corrected chi connectivity index (χ0v) is 13.1.